The van der Waals surface area contributed by atoms with Gasteiger partial charge < -0.3 is 5.32 Å². The van der Waals surface area contributed by atoms with E-state index in [-0.39, 0.29) is 10.8 Å². The second kappa shape index (κ2) is 6.68. The van der Waals surface area contributed by atoms with Crippen LogP contribution in [0.1, 0.15) is 82.7 Å². The summed E-state index contributed by atoms with van der Waals surface area (Å²) in [5, 5.41) is 4.66. The highest BCUT2D eigenvalue weighted by Crippen LogP contribution is 2.65. The van der Waals surface area contributed by atoms with Crippen LogP contribution in [0.2, 0.25) is 0 Å². The Kier molecular flexibility index (Phi) is 4.50. The quantitative estimate of drug-likeness (QED) is 0.623. The number of carbonyl (C=O) groups excluding carboxylic acids is 1. The molecule has 28 heavy (non-hydrogen) atoms. The summed E-state index contributed by atoms with van der Waals surface area (Å²) in [6, 6.07) is 0. The van der Waals surface area contributed by atoms with Crippen LogP contribution in [0.15, 0.2) is 6.08 Å². The summed E-state index contributed by atoms with van der Waals surface area (Å²) in [4.78, 5) is 19.0. The number of hydrogen-bond donors (Lipinski definition) is 1. The molecule has 1 aromatic rings. The van der Waals surface area contributed by atoms with Crippen molar-refractivity contribution in [3.05, 3.63) is 16.6 Å². The Morgan fingerprint density at radius 1 is 1.18 bits per heavy atom. The van der Waals surface area contributed by atoms with Gasteiger partial charge in [0.2, 0.25) is 0 Å². The number of Topliss-reactive ketones (excluding diaryl/α,β-unsaturated/α-hetero) is 1. The smallest absolute Gasteiger partial charge is 0.183 e. The Hall–Kier alpha value is -1.16. The number of nitrogens with zero attached hydrogens (tertiary/aromatic N) is 1. The number of ketones is 1. The molecular weight excluding hydrogens is 364 g/mol. The van der Waals surface area contributed by atoms with Crippen molar-refractivity contribution >= 4 is 27.8 Å². The van der Waals surface area contributed by atoms with Crippen molar-refractivity contribution in [3.8, 4) is 0 Å². The van der Waals surface area contributed by atoms with E-state index in [1.165, 1.54) is 42.7 Å². The number of thiazole rings is 1. The lowest BCUT2D eigenvalue weighted by Crippen LogP contribution is -2.49. The lowest BCUT2D eigenvalue weighted by atomic mass is 9.48. The number of aromatic nitrogens is 1. The number of unbranched alkanes of at least 4 members (excludes halogenated alkanes) is 1. The van der Waals surface area contributed by atoms with Gasteiger partial charge in [-0.25, -0.2) is 4.98 Å². The van der Waals surface area contributed by atoms with Crippen molar-refractivity contribution in [2.75, 3.05) is 11.9 Å². The highest BCUT2D eigenvalue weighted by molar-refractivity contribution is 7.16. The van der Waals surface area contributed by atoms with E-state index in [1.807, 2.05) is 11.3 Å². The van der Waals surface area contributed by atoms with Gasteiger partial charge in [-0.15, -0.1) is 0 Å². The van der Waals surface area contributed by atoms with Crippen molar-refractivity contribution in [1.29, 1.82) is 0 Å². The minimum Gasteiger partial charge on any atom is -0.361 e. The van der Waals surface area contributed by atoms with Gasteiger partial charge in [-0.1, -0.05) is 44.6 Å². The van der Waals surface area contributed by atoms with Crippen LogP contribution in [0.3, 0.4) is 0 Å². The molecule has 2 fully saturated rings. The fourth-order valence-corrected chi connectivity index (χ4v) is 8.31. The molecule has 3 nitrogen and oxygen atoms in total. The minimum absolute atomic E-state index is 0.0243. The zero-order valence-corrected chi connectivity index (χ0v) is 18.5. The molecule has 5 atom stereocenters. The summed E-state index contributed by atoms with van der Waals surface area (Å²) in [7, 11) is 0. The number of nitrogens with one attached hydrogen (secondary N) is 1. The van der Waals surface area contributed by atoms with E-state index < -0.39 is 0 Å². The Balaban J connectivity index is 1.46. The van der Waals surface area contributed by atoms with Crippen molar-refractivity contribution < 1.29 is 4.79 Å². The summed E-state index contributed by atoms with van der Waals surface area (Å²) >= 11 is 1.88. The highest BCUT2D eigenvalue weighted by Gasteiger charge is 2.58. The van der Waals surface area contributed by atoms with Crippen LogP contribution in [0.4, 0.5) is 5.13 Å². The Morgan fingerprint density at radius 2 is 2.00 bits per heavy atom. The molecule has 5 rings (SSSR count). The van der Waals surface area contributed by atoms with E-state index in [2.05, 4.69) is 32.2 Å². The van der Waals surface area contributed by atoms with Crippen LogP contribution in [-0.2, 0) is 11.2 Å². The van der Waals surface area contributed by atoms with Gasteiger partial charge in [0.1, 0.15) is 5.78 Å². The Labute approximate surface area is 173 Å². The number of anilines is 1. The van der Waals surface area contributed by atoms with Gasteiger partial charge >= 0.3 is 0 Å². The van der Waals surface area contributed by atoms with Crippen LogP contribution in [0.25, 0.3) is 5.57 Å². The largest absolute Gasteiger partial charge is 0.361 e. The molecule has 0 spiro atoms. The van der Waals surface area contributed by atoms with Gasteiger partial charge in [0.05, 0.1) is 10.6 Å². The Morgan fingerprint density at radius 3 is 2.82 bits per heavy atom. The normalized spacial score (nSPS) is 38.9. The van der Waals surface area contributed by atoms with Crippen molar-refractivity contribution in [3.63, 3.8) is 0 Å². The monoisotopic (exact) mass is 398 g/mol. The van der Waals surface area contributed by atoms with Gasteiger partial charge in [0.15, 0.2) is 5.13 Å². The molecule has 0 unspecified atom stereocenters. The minimum atomic E-state index is -0.0243. The maximum absolute atomic E-state index is 12.6. The van der Waals surface area contributed by atoms with Gasteiger partial charge in [-0.05, 0) is 73.7 Å². The average Bonchev–Trinajstić information content (AvgIpc) is 3.22. The molecule has 0 bridgehead atoms. The van der Waals surface area contributed by atoms with Crippen LogP contribution in [-0.4, -0.2) is 17.3 Å². The van der Waals surface area contributed by atoms with Gasteiger partial charge in [0, 0.05) is 18.4 Å². The number of fused-ring (bicyclic) bond motifs is 7. The van der Waals surface area contributed by atoms with Crippen LogP contribution in [0, 0.1) is 28.6 Å². The first kappa shape index (κ1) is 18.8. The molecule has 0 saturated heterocycles. The van der Waals surface area contributed by atoms with Crippen molar-refractivity contribution in [1.82, 2.24) is 4.98 Å². The third-order valence-corrected chi connectivity index (χ3v) is 9.89. The first-order chi connectivity index (χ1) is 13.5. The zero-order valence-electron chi connectivity index (χ0n) is 17.6. The summed E-state index contributed by atoms with van der Waals surface area (Å²) < 4.78 is 0. The third-order valence-electron chi connectivity index (χ3n) is 8.80. The van der Waals surface area contributed by atoms with E-state index in [1.54, 1.807) is 5.57 Å². The number of allylic oxidation sites excluding steroid dienone is 2. The molecule has 0 aromatic carbocycles. The average molecular weight is 399 g/mol. The lowest BCUT2D eigenvalue weighted by molar-refractivity contribution is -0.131. The molecule has 0 radical (unpaired) electrons. The molecule has 4 aliphatic carbocycles. The number of carbonyl (C=O) groups is 1. The predicted octanol–water partition coefficient (Wildman–Crippen LogP) is 6.11. The van der Waals surface area contributed by atoms with Crippen LogP contribution in [0.5, 0.6) is 0 Å². The fraction of sp³-hybridized carbons (Fsp3) is 0.750. The zero-order chi connectivity index (χ0) is 19.5. The molecule has 1 N–H and O–H groups in total. The molecule has 2 saturated carbocycles. The summed E-state index contributed by atoms with van der Waals surface area (Å²) in [5.41, 5.74) is 3.16. The van der Waals surface area contributed by atoms with E-state index in [9.17, 15) is 4.79 Å². The third kappa shape index (κ3) is 2.59. The molecule has 0 amide bonds. The Bertz CT molecular complexity index is 827. The summed E-state index contributed by atoms with van der Waals surface area (Å²) in [6.45, 7) is 8.07. The molecule has 152 valence electrons. The van der Waals surface area contributed by atoms with Crippen LogP contribution < -0.4 is 5.32 Å². The molecule has 0 aliphatic heterocycles. The van der Waals surface area contributed by atoms with E-state index in [0.29, 0.717) is 17.6 Å². The van der Waals surface area contributed by atoms with Gasteiger partial charge in [-0.3, -0.25) is 4.79 Å². The molecular formula is C24H34N2OS. The number of rotatable bonds is 4. The van der Waals surface area contributed by atoms with Crippen molar-refractivity contribution in [2.45, 2.75) is 78.6 Å². The summed E-state index contributed by atoms with van der Waals surface area (Å²) in [6.07, 6.45) is 12.8. The SMILES string of the molecule is CCCCNc1nc2c(s1)C1=CC[C@@H]3[C@H](CC[C@]4(C)C(=O)CC[C@@H]34)[C@@]1(C)CC2. The van der Waals surface area contributed by atoms with Gasteiger partial charge in [-0.2, -0.15) is 0 Å². The maximum Gasteiger partial charge on any atom is 0.183 e. The van der Waals surface area contributed by atoms with Gasteiger partial charge in [0.25, 0.3) is 0 Å². The maximum atomic E-state index is 12.6. The van der Waals surface area contributed by atoms with E-state index in [4.69, 9.17) is 4.98 Å². The topological polar surface area (TPSA) is 42.0 Å². The highest BCUT2D eigenvalue weighted by atomic mass is 32.1. The summed E-state index contributed by atoms with van der Waals surface area (Å²) in [5.74, 6) is 2.60. The standard InChI is InChI=1S/C24H34N2OS/c1-4-5-14-25-22-26-19-11-13-23(2)17-10-12-24(3)16(8-9-20(24)27)15(17)6-7-18(23)21(19)28-22/h7,15-17H,4-6,8-14H2,1-3H3,(H,25,26)/t15-,16-,17-,23+,24-/m0/s1. The lowest BCUT2D eigenvalue weighted by Gasteiger charge is -2.55. The molecule has 1 heterocycles. The van der Waals surface area contributed by atoms with Crippen molar-refractivity contribution in [2.24, 2.45) is 28.6 Å². The number of aryl methyl sites for hydroxylation is 1. The van der Waals surface area contributed by atoms with Crippen LogP contribution >= 0.6 is 11.3 Å². The molecule has 4 heteroatoms. The number of hydrogen-bond acceptors (Lipinski definition) is 4. The first-order valence-electron chi connectivity index (χ1n) is 11.5. The first-order valence-corrected chi connectivity index (χ1v) is 12.3. The fourth-order valence-electron chi connectivity index (χ4n) is 7.09. The van der Waals surface area contributed by atoms with E-state index in [0.717, 1.165) is 43.3 Å². The molecule has 4 aliphatic rings. The second-order valence-corrected chi connectivity index (χ2v) is 11.1. The van der Waals surface area contributed by atoms with E-state index >= 15 is 0 Å². The second-order valence-electron chi connectivity index (χ2n) is 10.1. The molecule has 1 aromatic heterocycles. The predicted molar refractivity (Wildman–Crippen MR) is 117 cm³/mol.